The maximum Gasteiger partial charge on any atom is 0.233 e. The van der Waals surface area contributed by atoms with Crippen molar-refractivity contribution in [2.24, 2.45) is 17.8 Å². The van der Waals surface area contributed by atoms with Gasteiger partial charge in [-0.3, -0.25) is 24.1 Å². The number of carbonyl (C=O) groups is 4. The lowest BCUT2D eigenvalue weighted by Gasteiger charge is -2.42. The summed E-state index contributed by atoms with van der Waals surface area (Å²) in [5.74, 6) is -2.84. The van der Waals surface area contributed by atoms with E-state index in [2.05, 4.69) is 15.9 Å². The van der Waals surface area contributed by atoms with Gasteiger partial charge in [0.25, 0.3) is 0 Å². The molecule has 0 aromatic heterocycles. The van der Waals surface area contributed by atoms with Crippen LogP contribution in [0.3, 0.4) is 0 Å². The van der Waals surface area contributed by atoms with Gasteiger partial charge in [-0.15, -0.1) is 0 Å². The van der Waals surface area contributed by atoms with E-state index in [0.717, 1.165) is 5.57 Å². The van der Waals surface area contributed by atoms with Crippen molar-refractivity contribution in [3.8, 4) is 11.5 Å². The third-order valence-electron chi connectivity index (χ3n) is 7.10. The number of amides is 2. The van der Waals surface area contributed by atoms with Gasteiger partial charge >= 0.3 is 0 Å². The molecule has 5 rings (SSSR count). The first-order valence-electron chi connectivity index (χ1n) is 10.3. The molecule has 164 valence electrons. The fourth-order valence-corrected chi connectivity index (χ4v) is 6.06. The highest BCUT2D eigenvalue weighted by molar-refractivity contribution is 9.12. The van der Waals surface area contributed by atoms with Crippen molar-refractivity contribution in [2.45, 2.75) is 18.8 Å². The number of nitrogens with zero attached hydrogens (tertiary/aromatic N) is 1. The number of halogens is 1. The summed E-state index contributed by atoms with van der Waals surface area (Å²) in [4.78, 5) is 52.9. The second-order valence-electron chi connectivity index (χ2n) is 8.55. The number of imide groups is 1. The van der Waals surface area contributed by atoms with Gasteiger partial charge in [0.2, 0.25) is 11.8 Å². The largest absolute Gasteiger partial charge is 0.507 e. The van der Waals surface area contributed by atoms with E-state index < -0.39 is 23.7 Å². The number of benzene rings is 1. The minimum absolute atomic E-state index is 0.0651. The molecule has 1 saturated heterocycles. The second-order valence-corrected chi connectivity index (χ2v) is 9.41. The Morgan fingerprint density at radius 2 is 1.88 bits per heavy atom. The van der Waals surface area contributed by atoms with Crippen molar-refractivity contribution in [3.63, 3.8) is 0 Å². The van der Waals surface area contributed by atoms with Crippen molar-refractivity contribution < 1.29 is 29.0 Å². The highest BCUT2D eigenvalue weighted by atomic mass is 79.9. The smallest absolute Gasteiger partial charge is 0.233 e. The summed E-state index contributed by atoms with van der Waals surface area (Å²) in [6, 6.07) is 4.83. The summed E-state index contributed by atoms with van der Waals surface area (Å²) in [5, 5.41) is 10.8. The van der Waals surface area contributed by atoms with Gasteiger partial charge in [0.05, 0.1) is 23.4 Å². The van der Waals surface area contributed by atoms with E-state index >= 15 is 0 Å². The van der Waals surface area contributed by atoms with Gasteiger partial charge in [-0.05, 0) is 40.8 Å². The van der Waals surface area contributed by atoms with Gasteiger partial charge < -0.3 is 9.84 Å². The number of ether oxygens (including phenoxy) is 1. The number of carbonyl (C=O) groups excluding carboxylic acids is 4. The third-order valence-corrected chi connectivity index (χ3v) is 7.69. The van der Waals surface area contributed by atoms with Crippen molar-refractivity contribution >= 4 is 39.3 Å². The third kappa shape index (κ3) is 2.78. The SMILES string of the molecule is COc1ccc([C@H]2C3=CC[C@@H]4C(=O)N(C)C(=O)[C@@H]4[C@@H]3CC3=C2C(=O)C=C(Br)C3=O)c(O)c1. The lowest BCUT2D eigenvalue weighted by molar-refractivity contribution is -0.138. The number of fused-ring (bicyclic) bond motifs is 3. The number of hydrogen-bond acceptors (Lipinski definition) is 6. The first-order valence-corrected chi connectivity index (χ1v) is 11.1. The fraction of sp³-hybridized carbons (Fsp3) is 0.333. The lowest BCUT2D eigenvalue weighted by atomic mass is 9.59. The van der Waals surface area contributed by atoms with Crippen LogP contribution in [0.5, 0.6) is 11.5 Å². The minimum Gasteiger partial charge on any atom is -0.507 e. The fourth-order valence-electron chi connectivity index (χ4n) is 5.61. The van der Waals surface area contributed by atoms with E-state index in [1.54, 1.807) is 12.1 Å². The van der Waals surface area contributed by atoms with Crippen molar-refractivity contribution in [3.05, 3.63) is 57.1 Å². The number of likely N-dealkylation sites (tertiary alicyclic amines) is 1. The number of methoxy groups -OCH3 is 1. The molecule has 0 radical (unpaired) electrons. The number of aromatic hydroxyl groups is 1. The highest BCUT2D eigenvalue weighted by Crippen LogP contribution is 2.56. The predicted molar refractivity (Wildman–Crippen MR) is 117 cm³/mol. The number of phenols is 1. The summed E-state index contributed by atoms with van der Waals surface area (Å²) >= 11 is 3.19. The average molecular weight is 498 g/mol. The second kappa shape index (κ2) is 7.27. The normalized spacial score (nSPS) is 29.4. The Balaban J connectivity index is 1.72. The standard InChI is InChI=1S/C24H20BrNO6/c1-26-23(30)13-6-5-11-14(20(13)24(26)31)8-15-21(18(28)9-16(25)22(15)29)19(11)12-4-3-10(32-2)7-17(12)27/h3-5,7,9,13-14,19-20,27H,6,8H2,1-2H3/t13-,14+,19+,20-/m0/s1. The van der Waals surface area contributed by atoms with E-state index in [4.69, 9.17) is 4.74 Å². The van der Waals surface area contributed by atoms with Crippen LogP contribution in [0.2, 0.25) is 0 Å². The molecule has 4 aliphatic rings. The maximum absolute atomic E-state index is 13.1. The van der Waals surface area contributed by atoms with Crippen LogP contribution >= 0.6 is 15.9 Å². The quantitative estimate of drug-likeness (QED) is 0.383. The van der Waals surface area contributed by atoms with Crippen LogP contribution < -0.4 is 4.74 Å². The van der Waals surface area contributed by atoms with Crippen molar-refractivity contribution in [2.75, 3.05) is 14.2 Å². The molecule has 32 heavy (non-hydrogen) atoms. The molecule has 0 bridgehead atoms. The zero-order valence-corrected chi connectivity index (χ0v) is 19.0. The average Bonchev–Trinajstić information content (AvgIpc) is 3.00. The zero-order chi connectivity index (χ0) is 22.9. The Labute approximate surface area is 192 Å². The first kappa shape index (κ1) is 20.9. The molecular formula is C24H20BrNO6. The van der Waals surface area contributed by atoms with Crippen LogP contribution in [-0.2, 0) is 19.2 Å². The summed E-state index contributed by atoms with van der Waals surface area (Å²) in [5.41, 5.74) is 1.92. The first-order chi connectivity index (χ1) is 15.2. The number of rotatable bonds is 2. The molecule has 0 unspecified atom stereocenters. The summed E-state index contributed by atoms with van der Waals surface area (Å²) in [6.45, 7) is 0. The Morgan fingerprint density at radius 1 is 1.12 bits per heavy atom. The number of Topliss-reactive ketones (excluding diaryl/α,β-unsaturated/α-hetero) is 1. The van der Waals surface area contributed by atoms with Gasteiger partial charge in [0.1, 0.15) is 11.5 Å². The number of allylic oxidation sites excluding steroid dienone is 6. The van der Waals surface area contributed by atoms with Crippen LogP contribution in [0.15, 0.2) is 51.6 Å². The predicted octanol–water partition coefficient (Wildman–Crippen LogP) is 2.79. The van der Waals surface area contributed by atoms with Gasteiger partial charge in [0.15, 0.2) is 11.6 Å². The minimum atomic E-state index is -0.683. The van der Waals surface area contributed by atoms with Crippen LogP contribution in [-0.4, -0.2) is 47.5 Å². The molecule has 4 atom stereocenters. The molecule has 7 nitrogen and oxygen atoms in total. The van der Waals surface area contributed by atoms with E-state index in [1.165, 1.54) is 31.2 Å². The topological polar surface area (TPSA) is 101 Å². The molecule has 1 aromatic rings. The van der Waals surface area contributed by atoms with Crippen LogP contribution in [0.1, 0.15) is 24.3 Å². The van der Waals surface area contributed by atoms with Gasteiger partial charge in [-0.25, -0.2) is 0 Å². The zero-order valence-electron chi connectivity index (χ0n) is 17.4. The van der Waals surface area contributed by atoms with Gasteiger partial charge in [0, 0.05) is 41.8 Å². The number of ketones is 2. The summed E-state index contributed by atoms with van der Waals surface area (Å²) in [6.07, 6.45) is 3.76. The van der Waals surface area contributed by atoms with E-state index in [9.17, 15) is 24.3 Å². The van der Waals surface area contributed by atoms with Crippen molar-refractivity contribution in [1.82, 2.24) is 4.90 Å². The van der Waals surface area contributed by atoms with Gasteiger partial charge in [-0.1, -0.05) is 17.7 Å². The van der Waals surface area contributed by atoms with Crippen molar-refractivity contribution in [1.29, 1.82) is 0 Å². The number of hydrogen-bond donors (Lipinski definition) is 1. The van der Waals surface area contributed by atoms with E-state index in [1.807, 2.05) is 6.08 Å². The molecule has 1 fully saturated rings. The van der Waals surface area contributed by atoms with Crippen LogP contribution in [0.25, 0.3) is 0 Å². The van der Waals surface area contributed by atoms with E-state index in [0.29, 0.717) is 28.9 Å². The molecule has 2 amide bonds. The van der Waals surface area contributed by atoms with Gasteiger partial charge in [-0.2, -0.15) is 0 Å². The highest BCUT2D eigenvalue weighted by Gasteiger charge is 2.55. The molecule has 0 saturated carbocycles. The van der Waals surface area contributed by atoms with Crippen LogP contribution in [0, 0.1) is 17.8 Å². The number of phenolic OH excluding ortho intramolecular Hbond substituents is 1. The molecule has 1 N–H and O–H groups in total. The molecule has 0 spiro atoms. The monoisotopic (exact) mass is 497 g/mol. The van der Waals surface area contributed by atoms with Crippen LogP contribution in [0.4, 0.5) is 0 Å². The Bertz CT molecular complexity index is 1210. The molecule has 8 heteroatoms. The maximum atomic E-state index is 13.1. The van der Waals surface area contributed by atoms with E-state index in [-0.39, 0.29) is 40.0 Å². The summed E-state index contributed by atoms with van der Waals surface area (Å²) in [7, 11) is 2.97. The molecule has 1 aromatic carbocycles. The molecule has 1 aliphatic heterocycles. The molecule has 3 aliphatic carbocycles. The summed E-state index contributed by atoms with van der Waals surface area (Å²) < 4.78 is 5.36. The Kier molecular flexibility index (Phi) is 4.74. The molecular weight excluding hydrogens is 478 g/mol. The Morgan fingerprint density at radius 3 is 2.56 bits per heavy atom. The molecule has 1 heterocycles. The Hall–Kier alpha value is -3.00. The lowest BCUT2D eigenvalue weighted by Crippen LogP contribution is -2.39.